The molecule has 1 aliphatic heterocycles. The maximum atomic E-state index is 13.0. The van der Waals surface area contributed by atoms with E-state index < -0.39 is 0 Å². The topological polar surface area (TPSA) is 32.8 Å². The standard InChI is InChI=1S/C20H21Cl2FN2O2/c21-16-4-7-19(18(22)12-16)27-14-20(26)25-9-1-8-24(10-11-25)13-15-2-5-17(23)6-3-15/h2-7,12H,1,8-11,13-14H2. The van der Waals surface area contributed by atoms with Gasteiger partial charge < -0.3 is 9.64 Å². The Morgan fingerprint density at radius 1 is 1.04 bits per heavy atom. The van der Waals surface area contributed by atoms with Crippen LogP contribution in [0.15, 0.2) is 42.5 Å². The van der Waals surface area contributed by atoms with Gasteiger partial charge in [-0.3, -0.25) is 9.69 Å². The van der Waals surface area contributed by atoms with Crippen molar-refractivity contribution in [2.75, 3.05) is 32.8 Å². The Balaban J connectivity index is 1.49. The molecule has 1 amide bonds. The largest absolute Gasteiger partial charge is 0.482 e. The Morgan fingerprint density at radius 2 is 1.81 bits per heavy atom. The number of amides is 1. The highest BCUT2D eigenvalue weighted by Crippen LogP contribution is 2.27. The fourth-order valence-corrected chi connectivity index (χ4v) is 3.51. The zero-order valence-corrected chi connectivity index (χ0v) is 16.3. The number of benzene rings is 2. The van der Waals surface area contributed by atoms with Gasteiger partial charge in [0.05, 0.1) is 5.02 Å². The minimum absolute atomic E-state index is 0.0562. The summed E-state index contributed by atoms with van der Waals surface area (Å²) in [4.78, 5) is 16.6. The lowest BCUT2D eigenvalue weighted by Crippen LogP contribution is -2.38. The van der Waals surface area contributed by atoms with Crippen LogP contribution in [0.3, 0.4) is 0 Å². The Morgan fingerprint density at radius 3 is 2.56 bits per heavy atom. The molecule has 7 heteroatoms. The van der Waals surface area contributed by atoms with Crippen LogP contribution in [0.25, 0.3) is 0 Å². The summed E-state index contributed by atoms with van der Waals surface area (Å²) in [6.07, 6.45) is 0.884. The van der Waals surface area contributed by atoms with Crippen molar-refractivity contribution >= 4 is 29.1 Å². The zero-order valence-electron chi connectivity index (χ0n) is 14.8. The Bertz CT molecular complexity index is 786. The van der Waals surface area contributed by atoms with E-state index >= 15 is 0 Å². The number of nitrogens with zero attached hydrogens (tertiary/aromatic N) is 2. The van der Waals surface area contributed by atoms with Crippen LogP contribution in [0.2, 0.25) is 10.0 Å². The number of hydrogen-bond donors (Lipinski definition) is 0. The van der Waals surface area contributed by atoms with Crippen molar-refractivity contribution in [3.63, 3.8) is 0 Å². The summed E-state index contributed by atoms with van der Waals surface area (Å²) in [5.74, 6) is 0.152. The molecule has 2 aromatic rings. The van der Waals surface area contributed by atoms with Gasteiger partial charge in [0.25, 0.3) is 5.91 Å². The quantitative estimate of drug-likeness (QED) is 0.738. The van der Waals surface area contributed by atoms with Crippen molar-refractivity contribution in [3.8, 4) is 5.75 Å². The van der Waals surface area contributed by atoms with Crippen molar-refractivity contribution in [3.05, 3.63) is 63.9 Å². The van der Waals surface area contributed by atoms with Crippen molar-refractivity contribution < 1.29 is 13.9 Å². The Labute approximate surface area is 168 Å². The van der Waals surface area contributed by atoms with Crippen LogP contribution in [-0.4, -0.2) is 48.5 Å². The molecule has 1 fully saturated rings. The molecule has 0 spiro atoms. The van der Waals surface area contributed by atoms with Gasteiger partial charge in [0.1, 0.15) is 11.6 Å². The normalized spacial score (nSPS) is 15.4. The first kappa shape index (κ1) is 19.9. The van der Waals surface area contributed by atoms with E-state index in [0.717, 1.165) is 31.6 Å². The third-order valence-corrected chi connectivity index (χ3v) is 5.04. The van der Waals surface area contributed by atoms with Gasteiger partial charge in [-0.05, 0) is 42.3 Å². The highest BCUT2D eigenvalue weighted by molar-refractivity contribution is 6.35. The molecule has 0 aliphatic carbocycles. The molecule has 3 rings (SSSR count). The van der Waals surface area contributed by atoms with Crippen molar-refractivity contribution in [1.82, 2.24) is 9.80 Å². The average molecular weight is 411 g/mol. The number of carbonyl (C=O) groups excluding carboxylic acids is 1. The minimum atomic E-state index is -0.229. The van der Waals surface area contributed by atoms with E-state index in [1.807, 2.05) is 4.90 Å². The summed E-state index contributed by atoms with van der Waals surface area (Å²) in [6.45, 7) is 3.68. The summed E-state index contributed by atoms with van der Waals surface area (Å²) in [7, 11) is 0. The fraction of sp³-hybridized carbons (Fsp3) is 0.350. The zero-order chi connectivity index (χ0) is 19.2. The van der Waals surface area contributed by atoms with E-state index in [-0.39, 0.29) is 18.3 Å². The number of halogens is 3. The van der Waals surface area contributed by atoms with E-state index in [4.69, 9.17) is 27.9 Å². The second kappa shape index (κ2) is 9.40. The van der Waals surface area contributed by atoms with Gasteiger partial charge >= 0.3 is 0 Å². The van der Waals surface area contributed by atoms with Gasteiger partial charge in [-0.15, -0.1) is 0 Å². The van der Waals surface area contributed by atoms with E-state index in [9.17, 15) is 9.18 Å². The lowest BCUT2D eigenvalue weighted by molar-refractivity contribution is -0.133. The van der Waals surface area contributed by atoms with Crippen LogP contribution in [0.4, 0.5) is 4.39 Å². The number of carbonyl (C=O) groups is 1. The molecule has 0 atom stereocenters. The number of ether oxygens (including phenoxy) is 1. The minimum Gasteiger partial charge on any atom is -0.482 e. The maximum absolute atomic E-state index is 13.0. The number of hydrogen-bond acceptors (Lipinski definition) is 3. The molecule has 0 unspecified atom stereocenters. The summed E-state index contributed by atoms with van der Waals surface area (Å²) >= 11 is 11.9. The monoisotopic (exact) mass is 410 g/mol. The van der Waals surface area contributed by atoms with E-state index in [1.54, 1.807) is 30.3 Å². The van der Waals surface area contributed by atoms with Crippen LogP contribution >= 0.6 is 23.2 Å². The van der Waals surface area contributed by atoms with Crippen molar-refractivity contribution in [2.45, 2.75) is 13.0 Å². The molecule has 144 valence electrons. The van der Waals surface area contributed by atoms with Gasteiger partial charge in [0, 0.05) is 37.7 Å². The van der Waals surface area contributed by atoms with Crippen molar-refractivity contribution in [2.24, 2.45) is 0 Å². The van der Waals surface area contributed by atoms with Crippen LogP contribution < -0.4 is 4.74 Å². The van der Waals surface area contributed by atoms with Gasteiger partial charge in [0.15, 0.2) is 6.61 Å². The Kier molecular flexibility index (Phi) is 6.94. The first-order valence-corrected chi connectivity index (χ1v) is 9.59. The van der Waals surface area contributed by atoms with E-state index in [0.29, 0.717) is 28.9 Å². The molecule has 1 saturated heterocycles. The molecule has 0 bridgehead atoms. The maximum Gasteiger partial charge on any atom is 0.260 e. The van der Waals surface area contributed by atoms with Crippen LogP contribution in [-0.2, 0) is 11.3 Å². The third kappa shape index (κ3) is 5.83. The Hall–Kier alpha value is -1.82. The molecular weight excluding hydrogens is 390 g/mol. The number of rotatable bonds is 5. The molecule has 0 N–H and O–H groups in total. The third-order valence-electron chi connectivity index (χ3n) is 4.51. The van der Waals surface area contributed by atoms with Gasteiger partial charge in [-0.25, -0.2) is 4.39 Å². The molecule has 27 heavy (non-hydrogen) atoms. The van der Waals surface area contributed by atoms with Crippen LogP contribution in [0.1, 0.15) is 12.0 Å². The highest BCUT2D eigenvalue weighted by atomic mass is 35.5. The lowest BCUT2D eigenvalue weighted by Gasteiger charge is -2.22. The van der Waals surface area contributed by atoms with E-state index in [2.05, 4.69) is 4.90 Å². The molecule has 2 aromatic carbocycles. The SMILES string of the molecule is O=C(COc1ccc(Cl)cc1Cl)N1CCCN(Cc2ccc(F)cc2)CC1. The average Bonchev–Trinajstić information content (AvgIpc) is 2.88. The van der Waals surface area contributed by atoms with Gasteiger partial charge in [-0.1, -0.05) is 35.3 Å². The second-order valence-corrected chi connectivity index (χ2v) is 7.34. The molecule has 0 aromatic heterocycles. The lowest BCUT2D eigenvalue weighted by atomic mass is 10.2. The summed E-state index contributed by atoms with van der Waals surface area (Å²) in [5.41, 5.74) is 1.07. The fourth-order valence-electron chi connectivity index (χ4n) is 3.05. The first-order chi connectivity index (χ1) is 13.0. The second-order valence-electron chi connectivity index (χ2n) is 6.50. The van der Waals surface area contributed by atoms with Crippen molar-refractivity contribution in [1.29, 1.82) is 0 Å². The summed E-state index contributed by atoms with van der Waals surface area (Å²) < 4.78 is 18.6. The molecular formula is C20H21Cl2FN2O2. The smallest absolute Gasteiger partial charge is 0.260 e. The van der Waals surface area contributed by atoms with Gasteiger partial charge in [-0.2, -0.15) is 0 Å². The van der Waals surface area contributed by atoms with Crippen LogP contribution in [0.5, 0.6) is 5.75 Å². The molecule has 0 saturated carbocycles. The van der Waals surface area contributed by atoms with Gasteiger partial charge in [0.2, 0.25) is 0 Å². The first-order valence-electron chi connectivity index (χ1n) is 8.84. The predicted octanol–water partition coefficient (Wildman–Crippen LogP) is 4.25. The van der Waals surface area contributed by atoms with E-state index in [1.165, 1.54) is 12.1 Å². The molecule has 4 nitrogen and oxygen atoms in total. The molecule has 1 aliphatic rings. The summed E-state index contributed by atoms with van der Waals surface area (Å²) in [6, 6.07) is 11.5. The van der Waals surface area contributed by atoms with Crippen LogP contribution in [0, 0.1) is 5.82 Å². The predicted molar refractivity (Wildman–Crippen MR) is 105 cm³/mol. The molecule has 0 radical (unpaired) electrons. The highest BCUT2D eigenvalue weighted by Gasteiger charge is 2.20. The molecule has 1 heterocycles. The summed E-state index contributed by atoms with van der Waals surface area (Å²) in [5, 5.41) is 0.907.